The number of benzene rings is 2. The number of hydrogen-bond donors (Lipinski definition) is 1. The van der Waals surface area contributed by atoms with E-state index < -0.39 is 12.0 Å². The van der Waals surface area contributed by atoms with Crippen molar-refractivity contribution in [3.05, 3.63) is 70.3 Å². The molecule has 4 rings (SSSR count). The number of fused-ring (bicyclic) bond motifs is 3. The fraction of sp³-hybridized carbons (Fsp3) is 0.200. The second-order valence-electron chi connectivity index (χ2n) is 6.42. The molecule has 3 aromatic rings. The number of halogens is 1. The summed E-state index contributed by atoms with van der Waals surface area (Å²) in [5.41, 5.74) is 3.10. The molecule has 7 nitrogen and oxygen atoms in total. The zero-order valence-corrected chi connectivity index (χ0v) is 16.0. The molecule has 0 saturated carbocycles. The largest absolute Gasteiger partial charge is 0.497 e. The number of carboxylic acid groups (broad SMARTS) is 1. The highest BCUT2D eigenvalue weighted by molar-refractivity contribution is 6.30. The predicted octanol–water partition coefficient (Wildman–Crippen LogP) is 3.60. The van der Waals surface area contributed by atoms with E-state index in [9.17, 15) is 9.90 Å². The van der Waals surface area contributed by atoms with Crippen LogP contribution in [-0.4, -0.2) is 38.7 Å². The highest BCUT2D eigenvalue weighted by atomic mass is 35.5. The van der Waals surface area contributed by atoms with Crippen molar-refractivity contribution in [2.45, 2.75) is 19.4 Å². The molecule has 28 heavy (non-hydrogen) atoms. The Hall–Kier alpha value is -3.19. The normalized spacial score (nSPS) is 15.2. The first-order chi connectivity index (χ1) is 13.5. The Morgan fingerprint density at radius 3 is 2.64 bits per heavy atom. The van der Waals surface area contributed by atoms with Crippen LogP contribution in [0.15, 0.2) is 47.5 Å². The lowest BCUT2D eigenvalue weighted by Gasteiger charge is -2.14. The number of aryl methyl sites for hydroxylation is 1. The molecule has 0 fully saturated rings. The van der Waals surface area contributed by atoms with Gasteiger partial charge in [-0.2, -0.15) is 0 Å². The van der Waals surface area contributed by atoms with E-state index in [0.29, 0.717) is 28.1 Å². The summed E-state index contributed by atoms with van der Waals surface area (Å²) in [6.07, 6.45) is -0.194. The van der Waals surface area contributed by atoms with Crippen LogP contribution in [0.1, 0.15) is 35.2 Å². The van der Waals surface area contributed by atoms with Crippen LogP contribution in [0.3, 0.4) is 0 Å². The molecule has 1 atom stereocenters. The van der Waals surface area contributed by atoms with Crippen molar-refractivity contribution >= 4 is 23.3 Å². The molecule has 0 saturated heterocycles. The standard InChI is InChI=1S/C20H17ClN4O3/c1-11-23-24-20-16(10-18(26)27)22-19(12-3-5-13(21)6-4-12)15-9-14(28-2)7-8-17(15)25(11)20/h3-9,16H,10H2,1-2H3,(H,26,27). The van der Waals surface area contributed by atoms with Crippen LogP contribution >= 0.6 is 11.6 Å². The maximum Gasteiger partial charge on any atom is 0.306 e. The van der Waals surface area contributed by atoms with Crippen molar-refractivity contribution in [3.8, 4) is 11.4 Å². The first-order valence-electron chi connectivity index (χ1n) is 8.64. The van der Waals surface area contributed by atoms with Crippen LogP contribution in [0.4, 0.5) is 0 Å². The van der Waals surface area contributed by atoms with Gasteiger partial charge in [0.25, 0.3) is 0 Å². The van der Waals surface area contributed by atoms with E-state index >= 15 is 0 Å². The minimum atomic E-state index is -0.958. The Bertz CT molecular complexity index is 1090. The van der Waals surface area contributed by atoms with Gasteiger partial charge in [-0.15, -0.1) is 10.2 Å². The number of aliphatic imine (C=N–C) groups is 1. The summed E-state index contributed by atoms with van der Waals surface area (Å²) in [7, 11) is 1.60. The molecule has 0 aliphatic carbocycles. The van der Waals surface area contributed by atoms with Crippen LogP contribution in [0.2, 0.25) is 5.02 Å². The Morgan fingerprint density at radius 2 is 1.96 bits per heavy atom. The number of aliphatic carboxylic acids is 1. The van der Waals surface area contributed by atoms with Gasteiger partial charge in [0.1, 0.15) is 17.6 Å². The van der Waals surface area contributed by atoms with E-state index in [1.807, 2.05) is 41.8 Å². The van der Waals surface area contributed by atoms with Crippen LogP contribution in [0.5, 0.6) is 5.75 Å². The fourth-order valence-corrected chi connectivity index (χ4v) is 3.47. The number of aromatic nitrogens is 3. The number of hydrogen-bond acceptors (Lipinski definition) is 5. The molecule has 0 spiro atoms. The minimum absolute atomic E-state index is 0.194. The third-order valence-electron chi connectivity index (χ3n) is 4.62. The van der Waals surface area contributed by atoms with Gasteiger partial charge in [-0.05, 0) is 37.3 Å². The number of nitrogens with zero attached hydrogens (tertiary/aromatic N) is 4. The summed E-state index contributed by atoms with van der Waals surface area (Å²) in [5, 5.41) is 18.4. The van der Waals surface area contributed by atoms with E-state index in [1.165, 1.54) is 0 Å². The van der Waals surface area contributed by atoms with Crippen LogP contribution in [0.25, 0.3) is 5.69 Å². The summed E-state index contributed by atoms with van der Waals surface area (Å²) < 4.78 is 7.26. The van der Waals surface area contributed by atoms with E-state index in [4.69, 9.17) is 21.3 Å². The second-order valence-corrected chi connectivity index (χ2v) is 6.86. The van der Waals surface area contributed by atoms with E-state index in [2.05, 4.69) is 10.2 Å². The van der Waals surface area contributed by atoms with Crippen molar-refractivity contribution in [3.63, 3.8) is 0 Å². The lowest BCUT2D eigenvalue weighted by Crippen LogP contribution is -2.10. The highest BCUT2D eigenvalue weighted by Gasteiger charge is 2.29. The Labute approximate surface area is 166 Å². The van der Waals surface area contributed by atoms with Crippen molar-refractivity contribution < 1.29 is 14.6 Å². The fourth-order valence-electron chi connectivity index (χ4n) is 3.34. The van der Waals surface area contributed by atoms with Gasteiger partial charge >= 0.3 is 5.97 Å². The van der Waals surface area contributed by atoms with Crippen molar-refractivity contribution in [1.29, 1.82) is 0 Å². The molecule has 1 unspecified atom stereocenters. The first kappa shape index (κ1) is 18.2. The SMILES string of the molecule is COc1ccc2c(c1)C(c1ccc(Cl)cc1)=NC(CC(=O)O)c1nnc(C)n1-2. The summed E-state index contributed by atoms with van der Waals surface area (Å²) in [5.74, 6) is 0.865. The van der Waals surface area contributed by atoms with Crippen molar-refractivity contribution in [2.24, 2.45) is 4.99 Å². The summed E-state index contributed by atoms with van der Waals surface area (Å²) >= 11 is 6.04. The Balaban J connectivity index is 2.02. The van der Waals surface area contributed by atoms with Gasteiger partial charge in [-0.3, -0.25) is 14.4 Å². The molecular formula is C20H17ClN4O3. The molecule has 2 heterocycles. The first-order valence-corrected chi connectivity index (χ1v) is 9.02. The second kappa shape index (κ2) is 7.09. The van der Waals surface area contributed by atoms with Crippen LogP contribution in [0, 0.1) is 6.92 Å². The van der Waals surface area contributed by atoms with Gasteiger partial charge in [0, 0.05) is 16.1 Å². The highest BCUT2D eigenvalue weighted by Crippen LogP contribution is 2.34. The summed E-state index contributed by atoms with van der Waals surface area (Å²) in [6, 6.07) is 12.2. The zero-order valence-electron chi connectivity index (χ0n) is 15.3. The number of carboxylic acids is 1. The molecular weight excluding hydrogens is 380 g/mol. The monoisotopic (exact) mass is 396 g/mol. The van der Waals surface area contributed by atoms with E-state index in [-0.39, 0.29) is 6.42 Å². The Morgan fingerprint density at radius 1 is 1.21 bits per heavy atom. The summed E-state index contributed by atoms with van der Waals surface area (Å²) in [4.78, 5) is 16.3. The maximum atomic E-state index is 11.5. The molecule has 2 aromatic carbocycles. The van der Waals surface area contributed by atoms with Gasteiger partial charge in [0.2, 0.25) is 0 Å². The maximum absolute atomic E-state index is 11.5. The van der Waals surface area contributed by atoms with Crippen LogP contribution in [-0.2, 0) is 4.79 Å². The molecule has 0 amide bonds. The molecule has 8 heteroatoms. The molecule has 0 radical (unpaired) electrons. The van der Waals surface area contributed by atoms with E-state index in [1.54, 1.807) is 19.2 Å². The number of carbonyl (C=O) groups is 1. The average molecular weight is 397 g/mol. The zero-order chi connectivity index (χ0) is 19.8. The molecule has 1 aliphatic heterocycles. The van der Waals surface area contributed by atoms with Crippen molar-refractivity contribution in [2.75, 3.05) is 7.11 Å². The lowest BCUT2D eigenvalue weighted by molar-refractivity contribution is -0.137. The van der Waals surface area contributed by atoms with E-state index in [0.717, 1.165) is 16.8 Å². The number of ether oxygens (including phenoxy) is 1. The molecule has 1 N–H and O–H groups in total. The lowest BCUT2D eigenvalue weighted by atomic mass is 10.00. The summed E-state index contributed by atoms with van der Waals surface area (Å²) in [6.45, 7) is 1.83. The van der Waals surface area contributed by atoms with Gasteiger partial charge in [-0.1, -0.05) is 23.7 Å². The Kier molecular flexibility index (Phi) is 4.60. The van der Waals surface area contributed by atoms with Crippen molar-refractivity contribution in [1.82, 2.24) is 14.8 Å². The van der Waals surface area contributed by atoms with Gasteiger partial charge in [0.05, 0.1) is 24.9 Å². The van der Waals surface area contributed by atoms with Gasteiger partial charge < -0.3 is 9.84 Å². The molecule has 1 aliphatic rings. The number of rotatable bonds is 4. The minimum Gasteiger partial charge on any atom is -0.497 e. The third kappa shape index (κ3) is 3.14. The van der Waals surface area contributed by atoms with Gasteiger partial charge in [-0.25, -0.2) is 0 Å². The molecule has 1 aromatic heterocycles. The third-order valence-corrected chi connectivity index (χ3v) is 4.87. The quantitative estimate of drug-likeness (QED) is 0.727. The smallest absolute Gasteiger partial charge is 0.306 e. The molecule has 142 valence electrons. The predicted molar refractivity (Wildman–Crippen MR) is 105 cm³/mol. The topological polar surface area (TPSA) is 89.6 Å². The number of methoxy groups -OCH3 is 1. The average Bonchev–Trinajstić information content (AvgIpc) is 3.00. The van der Waals surface area contributed by atoms with Crippen LogP contribution < -0.4 is 4.74 Å². The van der Waals surface area contributed by atoms with Gasteiger partial charge in [0.15, 0.2) is 5.82 Å². The molecule has 0 bridgehead atoms.